The fourth-order valence-corrected chi connectivity index (χ4v) is 4.63. The monoisotopic (exact) mass is 439 g/mol. The summed E-state index contributed by atoms with van der Waals surface area (Å²) in [5.74, 6) is 0.172. The molecule has 8 heteroatoms. The normalized spacial score (nSPS) is 14.4. The Morgan fingerprint density at radius 2 is 1.81 bits per heavy atom. The molecule has 1 aliphatic rings. The van der Waals surface area contributed by atoms with Crippen LogP contribution < -0.4 is 4.90 Å². The molecule has 0 radical (unpaired) electrons. The Hall–Kier alpha value is -2.97. The Kier molecular flexibility index (Phi) is 5.93. The third kappa shape index (κ3) is 4.40. The van der Waals surface area contributed by atoms with Crippen molar-refractivity contribution in [2.45, 2.75) is 24.3 Å². The highest BCUT2D eigenvalue weighted by Gasteiger charge is 2.23. The van der Waals surface area contributed by atoms with Crippen LogP contribution in [0.4, 0.5) is 5.82 Å². The van der Waals surface area contributed by atoms with Gasteiger partial charge in [-0.15, -0.1) is 0 Å². The molecule has 0 bridgehead atoms. The first-order chi connectivity index (χ1) is 14.9. The van der Waals surface area contributed by atoms with Gasteiger partial charge in [-0.05, 0) is 42.7 Å². The van der Waals surface area contributed by atoms with Gasteiger partial charge in [0, 0.05) is 32.6 Å². The van der Waals surface area contributed by atoms with Gasteiger partial charge in [-0.3, -0.25) is 0 Å². The molecule has 0 spiro atoms. The number of para-hydroxylation sites is 1. The summed E-state index contributed by atoms with van der Waals surface area (Å²) >= 11 is 0. The Labute approximate surface area is 182 Å². The molecular formula is C23H25N3O4S. The fraction of sp³-hybridized carbons (Fsp3) is 0.304. The molecule has 7 nitrogen and oxygen atoms in total. The Bertz CT molecular complexity index is 1220. The van der Waals surface area contributed by atoms with E-state index in [9.17, 15) is 13.2 Å². The van der Waals surface area contributed by atoms with Crippen molar-refractivity contribution in [1.29, 1.82) is 0 Å². The van der Waals surface area contributed by atoms with Gasteiger partial charge in [-0.25, -0.2) is 22.5 Å². The van der Waals surface area contributed by atoms with Crippen LogP contribution in [0.15, 0.2) is 59.5 Å². The van der Waals surface area contributed by atoms with E-state index in [1.807, 2.05) is 30.3 Å². The first kappa shape index (κ1) is 21.3. The molecule has 0 unspecified atom stereocenters. The van der Waals surface area contributed by atoms with Gasteiger partial charge >= 0.3 is 5.97 Å². The number of carbonyl (C=O) groups excluding carboxylic acids is 1. The topological polar surface area (TPSA) is 79.8 Å². The molecule has 0 saturated carbocycles. The minimum absolute atomic E-state index is 0.0259. The minimum Gasteiger partial charge on any atom is -0.457 e. The first-order valence-corrected chi connectivity index (χ1v) is 11.6. The molecule has 2 aromatic carbocycles. The summed E-state index contributed by atoms with van der Waals surface area (Å²) in [4.78, 5) is 20.0. The molecule has 1 saturated heterocycles. The van der Waals surface area contributed by atoms with Crippen LogP contribution in [0.2, 0.25) is 0 Å². The van der Waals surface area contributed by atoms with Crippen molar-refractivity contribution < 1.29 is 17.9 Å². The van der Waals surface area contributed by atoms with Crippen LogP contribution in [0.1, 0.15) is 28.8 Å². The zero-order valence-corrected chi connectivity index (χ0v) is 18.4. The van der Waals surface area contributed by atoms with Gasteiger partial charge in [0.1, 0.15) is 18.0 Å². The number of anilines is 1. The number of fused-ring (bicyclic) bond motifs is 1. The third-order valence-corrected chi connectivity index (χ3v) is 7.19. The maximum absolute atomic E-state index is 13.0. The van der Waals surface area contributed by atoms with E-state index in [1.54, 1.807) is 12.1 Å². The van der Waals surface area contributed by atoms with E-state index in [0.717, 1.165) is 41.1 Å². The zero-order chi connectivity index (χ0) is 22.0. The summed E-state index contributed by atoms with van der Waals surface area (Å²) in [7, 11) is -0.594. The average molecular weight is 440 g/mol. The molecule has 0 atom stereocenters. The summed E-state index contributed by atoms with van der Waals surface area (Å²) in [5.41, 5.74) is 1.87. The SMILES string of the molecule is CN(C)S(=O)(=O)c1cccc(COC(=O)c2cc3ccccc3nc2N2CCCC2)c1. The number of ether oxygens (including phenoxy) is 1. The van der Waals surface area contributed by atoms with Crippen LogP contribution in [0.3, 0.4) is 0 Å². The van der Waals surface area contributed by atoms with Crippen molar-refractivity contribution in [3.05, 3.63) is 65.7 Å². The average Bonchev–Trinajstić information content (AvgIpc) is 3.31. The van der Waals surface area contributed by atoms with Crippen molar-refractivity contribution in [2.75, 3.05) is 32.1 Å². The molecule has 0 aliphatic carbocycles. The Morgan fingerprint density at radius 3 is 2.55 bits per heavy atom. The number of aromatic nitrogens is 1. The predicted molar refractivity (Wildman–Crippen MR) is 120 cm³/mol. The Morgan fingerprint density at radius 1 is 1.06 bits per heavy atom. The third-order valence-electron chi connectivity index (χ3n) is 5.38. The van der Waals surface area contributed by atoms with Gasteiger partial charge in [0.2, 0.25) is 10.0 Å². The number of hydrogen-bond acceptors (Lipinski definition) is 6. The molecule has 1 aromatic heterocycles. The van der Waals surface area contributed by atoms with E-state index in [4.69, 9.17) is 9.72 Å². The van der Waals surface area contributed by atoms with Gasteiger partial charge in [-0.2, -0.15) is 0 Å². The zero-order valence-electron chi connectivity index (χ0n) is 17.6. The maximum Gasteiger partial charge on any atom is 0.342 e. The van der Waals surface area contributed by atoms with Crippen molar-refractivity contribution in [1.82, 2.24) is 9.29 Å². The number of nitrogens with zero attached hydrogens (tertiary/aromatic N) is 3. The van der Waals surface area contributed by atoms with E-state index in [1.165, 1.54) is 26.2 Å². The second-order valence-electron chi connectivity index (χ2n) is 7.76. The van der Waals surface area contributed by atoms with E-state index in [0.29, 0.717) is 16.9 Å². The molecular weight excluding hydrogens is 414 g/mol. The summed E-state index contributed by atoms with van der Waals surface area (Å²) in [6.07, 6.45) is 2.13. The Balaban J connectivity index is 1.60. The van der Waals surface area contributed by atoms with Crippen LogP contribution in [-0.4, -0.2) is 50.9 Å². The second kappa shape index (κ2) is 8.64. The molecule has 1 fully saturated rings. The van der Waals surface area contributed by atoms with E-state index in [-0.39, 0.29) is 11.5 Å². The van der Waals surface area contributed by atoms with Crippen molar-refractivity contribution >= 4 is 32.7 Å². The lowest BCUT2D eigenvalue weighted by Gasteiger charge is -2.20. The summed E-state index contributed by atoms with van der Waals surface area (Å²) in [6.45, 7) is 1.69. The molecule has 4 rings (SSSR count). The van der Waals surface area contributed by atoms with Gasteiger partial charge in [0.25, 0.3) is 0 Å². The summed E-state index contributed by atoms with van der Waals surface area (Å²) in [6, 6.07) is 16.0. The van der Waals surface area contributed by atoms with Gasteiger partial charge in [0.05, 0.1) is 10.4 Å². The van der Waals surface area contributed by atoms with Crippen LogP contribution >= 0.6 is 0 Å². The number of rotatable bonds is 6. The van der Waals surface area contributed by atoms with Crippen LogP contribution in [0.5, 0.6) is 0 Å². The number of pyridine rings is 1. The van der Waals surface area contributed by atoms with E-state index < -0.39 is 16.0 Å². The minimum atomic E-state index is -3.56. The molecule has 1 aliphatic heterocycles. The maximum atomic E-state index is 13.0. The van der Waals surface area contributed by atoms with Gasteiger partial charge in [-0.1, -0.05) is 30.3 Å². The number of carbonyl (C=O) groups is 1. The van der Waals surface area contributed by atoms with Crippen molar-refractivity contribution in [3.63, 3.8) is 0 Å². The molecule has 31 heavy (non-hydrogen) atoms. The van der Waals surface area contributed by atoms with Crippen LogP contribution in [0, 0.1) is 0 Å². The van der Waals surface area contributed by atoms with Gasteiger partial charge in [0.15, 0.2) is 0 Å². The standard InChI is InChI=1S/C23H25N3O4S/c1-25(2)31(28,29)19-10-7-8-17(14-19)16-30-23(27)20-15-18-9-3-4-11-21(18)24-22(20)26-12-5-6-13-26/h3-4,7-11,14-15H,5-6,12-13,16H2,1-2H3. The number of hydrogen-bond donors (Lipinski definition) is 0. The quantitative estimate of drug-likeness (QED) is 0.548. The van der Waals surface area contributed by atoms with Crippen molar-refractivity contribution in [2.24, 2.45) is 0 Å². The highest BCUT2D eigenvalue weighted by atomic mass is 32.2. The lowest BCUT2D eigenvalue weighted by molar-refractivity contribution is 0.0473. The molecule has 0 N–H and O–H groups in total. The number of benzene rings is 2. The summed E-state index contributed by atoms with van der Waals surface area (Å²) in [5, 5.41) is 0.872. The lowest BCUT2D eigenvalue weighted by atomic mass is 10.1. The molecule has 3 aromatic rings. The van der Waals surface area contributed by atoms with Crippen LogP contribution in [-0.2, 0) is 21.4 Å². The van der Waals surface area contributed by atoms with Crippen molar-refractivity contribution in [3.8, 4) is 0 Å². The van der Waals surface area contributed by atoms with Gasteiger partial charge < -0.3 is 9.64 Å². The van der Waals surface area contributed by atoms with E-state index in [2.05, 4.69) is 4.90 Å². The van der Waals surface area contributed by atoms with Crippen LogP contribution in [0.25, 0.3) is 10.9 Å². The molecule has 0 amide bonds. The summed E-state index contributed by atoms with van der Waals surface area (Å²) < 4.78 is 31.5. The highest BCUT2D eigenvalue weighted by Crippen LogP contribution is 2.27. The smallest absolute Gasteiger partial charge is 0.342 e. The lowest BCUT2D eigenvalue weighted by Crippen LogP contribution is -2.23. The number of sulfonamides is 1. The predicted octanol–water partition coefficient (Wildman–Crippen LogP) is 3.44. The number of esters is 1. The van der Waals surface area contributed by atoms with E-state index >= 15 is 0 Å². The highest BCUT2D eigenvalue weighted by molar-refractivity contribution is 7.89. The largest absolute Gasteiger partial charge is 0.457 e. The molecule has 2 heterocycles. The fourth-order valence-electron chi connectivity index (χ4n) is 3.66. The molecule has 162 valence electrons. The first-order valence-electron chi connectivity index (χ1n) is 10.2. The second-order valence-corrected chi connectivity index (χ2v) is 9.91.